The molecule has 2 bridgehead atoms. The molecular weight excluding hydrogens is 497 g/mol. The summed E-state index contributed by atoms with van der Waals surface area (Å²) in [6, 6.07) is 8.66. The number of carbonyl (C=O) groups excluding carboxylic acids is 1. The predicted octanol–water partition coefficient (Wildman–Crippen LogP) is 6.19. The maximum absolute atomic E-state index is 12.9. The van der Waals surface area contributed by atoms with E-state index in [1.165, 1.54) is 12.1 Å². The lowest BCUT2D eigenvalue weighted by atomic mass is 9.78. The summed E-state index contributed by atoms with van der Waals surface area (Å²) in [6.07, 6.45) is -3.28. The molecule has 3 saturated heterocycles. The summed E-state index contributed by atoms with van der Waals surface area (Å²) in [6.45, 7) is 7.22. The molecule has 6 rings (SSSR count). The van der Waals surface area contributed by atoms with Crippen molar-refractivity contribution in [3.05, 3.63) is 47.0 Å². The number of nitrogens with zero attached hydrogens (tertiary/aromatic N) is 1. The molecule has 4 aliphatic rings. The highest BCUT2D eigenvalue weighted by Gasteiger charge is 2.41. The van der Waals surface area contributed by atoms with Gasteiger partial charge >= 0.3 is 12.5 Å². The minimum absolute atomic E-state index is 0.106. The van der Waals surface area contributed by atoms with Gasteiger partial charge in [0.1, 0.15) is 17.6 Å². The topological polar surface area (TPSA) is 60.0 Å². The lowest BCUT2D eigenvalue weighted by molar-refractivity contribution is -0.274. The minimum atomic E-state index is -4.81. The van der Waals surface area contributed by atoms with E-state index in [-0.39, 0.29) is 22.9 Å². The molecule has 1 amide bonds. The number of piperidine rings is 3. The van der Waals surface area contributed by atoms with Gasteiger partial charge in [-0.05, 0) is 61.7 Å². The number of carbonyl (C=O) groups is 1. The van der Waals surface area contributed by atoms with Crippen molar-refractivity contribution in [3.8, 4) is 22.6 Å². The van der Waals surface area contributed by atoms with Crippen LogP contribution in [-0.4, -0.2) is 49.7 Å². The summed E-state index contributed by atoms with van der Waals surface area (Å²) in [5, 5.41) is 3.32. The number of fused-ring (bicyclic) bond motifs is 4. The van der Waals surface area contributed by atoms with E-state index < -0.39 is 17.9 Å². The van der Waals surface area contributed by atoms with Crippen molar-refractivity contribution in [2.24, 2.45) is 11.3 Å². The van der Waals surface area contributed by atoms with Gasteiger partial charge < -0.3 is 19.5 Å². The Morgan fingerprint density at radius 1 is 1.17 bits per heavy atom. The first kappa shape index (κ1) is 25.0. The van der Waals surface area contributed by atoms with E-state index >= 15 is 0 Å². The molecule has 4 heterocycles. The van der Waals surface area contributed by atoms with E-state index in [2.05, 4.69) is 15.0 Å². The number of nitrogens with one attached hydrogen (secondary N) is 1. The molecule has 2 atom stereocenters. The van der Waals surface area contributed by atoms with Crippen LogP contribution < -0.4 is 14.8 Å². The van der Waals surface area contributed by atoms with E-state index in [9.17, 15) is 18.0 Å². The van der Waals surface area contributed by atoms with Crippen molar-refractivity contribution >= 4 is 17.7 Å². The second-order valence-corrected chi connectivity index (χ2v) is 10.8. The Labute approximate surface area is 212 Å². The lowest BCUT2D eigenvalue weighted by Gasteiger charge is -2.44. The summed E-state index contributed by atoms with van der Waals surface area (Å²) in [4.78, 5) is 15.2. The smallest absolute Gasteiger partial charge is 0.493 e. The van der Waals surface area contributed by atoms with Gasteiger partial charge in [-0.25, -0.2) is 4.79 Å². The number of rotatable bonds is 4. The van der Waals surface area contributed by atoms with Gasteiger partial charge in [0, 0.05) is 28.1 Å². The zero-order valence-electron chi connectivity index (χ0n) is 20.0. The summed E-state index contributed by atoms with van der Waals surface area (Å²) in [7, 11) is 0. The minimum Gasteiger partial charge on any atom is -0.493 e. The van der Waals surface area contributed by atoms with E-state index in [1.807, 2.05) is 13.8 Å². The fourth-order valence-electron chi connectivity index (χ4n) is 5.36. The van der Waals surface area contributed by atoms with Crippen LogP contribution in [0, 0.1) is 11.3 Å². The van der Waals surface area contributed by atoms with Crippen molar-refractivity contribution < 1.29 is 32.2 Å². The molecule has 0 saturated carbocycles. The fraction of sp³-hybridized carbons (Fsp3) is 0.500. The van der Waals surface area contributed by atoms with Crippen LogP contribution in [-0.2, 0) is 4.74 Å². The Morgan fingerprint density at radius 3 is 2.58 bits per heavy atom. The molecule has 3 fully saturated rings. The van der Waals surface area contributed by atoms with Gasteiger partial charge in [-0.2, -0.15) is 0 Å². The molecule has 2 aromatic carbocycles. The first-order chi connectivity index (χ1) is 17.0. The Morgan fingerprint density at radius 2 is 1.92 bits per heavy atom. The van der Waals surface area contributed by atoms with Crippen LogP contribution in [0.5, 0.6) is 11.5 Å². The van der Waals surface area contributed by atoms with Crippen LogP contribution in [0.25, 0.3) is 11.1 Å². The van der Waals surface area contributed by atoms with Gasteiger partial charge in [0.15, 0.2) is 0 Å². The highest BCUT2D eigenvalue weighted by atomic mass is 35.5. The average Bonchev–Trinajstić information content (AvgIpc) is 2.82. The summed E-state index contributed by atoms with van der Waals surface area (Å²) >= 11 is 6.29. The third-order valence-electron chi connectivity index (χ3n) is 7.30. The van der Waals surface area contributed by atoms with Gasteiger partial charge in [0.05, 0.1) is 12.6 Å². The molecule has 0 aromatic heterocycles. The van der Waals surface area contributed by atoms with Gasteiger partial charge in [-0.1, -0.05) is 37.6 Å². The molecule has 36 heavy (non-hydrogen) atoms. The second kappa shape index (κ2) is 9.34. The quantitative estimate of drug-likeness (QED) is 0.517. The summed E-state index contributed by atoms with van der Waals surface area (Å²) in [5.74, 6) is 0.565. The lowest BCUT2D eigenvalue weighted by Crippen LogP contribution is -2.53. The standard InChI is InChI=1S/C26H28ClF3N2O4/c1-25(2)14-34-21-11-16(19-12-17(4-6-20(19)27)36-26(28,29)30)3-5-18(21)23(25)31-24(33)35-22-13-32-9-7-15(22)8-10-32/h3-6,11-12,15,22-23H,7-10,13-14H2,1-2H3,(H,31,33)/t22-,23?/m0/s1. The molecule has 2 aromatic rings. The van der Waals surface area contributed by atoms with Gasteiger partial charge in [0.2, 0.25) is 0 Å². The van der Waals surface area contributed by atoms with Crippen molar-refractivity contribution in [1.29, 1.82) is 0 Å². The summed E-state index contributed by atoms with van der Waals surface area (Å²) < 4.78 is 54.0. The van der Waals surface area contributed by atoms with Crippen LogP contribution in [0.2, 0.25) is 5.02 Å². The molecule has 6 nitrogen and oxygen atoms in total. The number of amides is 1. The Kier molecular flexibility index (Phi) is 6.49. The monoisotopic (exact) mass is 524 g/mol. The molecule has 0 radical (unpaired) electrons. The number of alkyl halides is 3. The first-order valence-electron chi connectivity index (χ1n) is 12.0. The molecule has 1 unspecified atom stereocenters. The number of alkyl carbamates (subject to hydrolysis) is 1. The van der Waals surface area contributed by atoms with Crippen molar-refractivity contribution in [2.75, 3.05) is 26.2 Å². The summed E-state index contributed by atoms with van der Waals surface area (Å²) in [5.41, 5.74) is 1.29. The van der Waals surface area contributed by atoms with Gasteiger partial charge in [0.25, 0.3) is 0 Å². The Bertz CT molecular complexity index is 1150. The van der Waals surface area contributed by atoms with Crippen LogP contribution in [0.15, 0.2) is 36.4 Å². The maximum Gasteiger partial charge on any atom is 0.573 e. The molecule has 194 valence electrons. The third-order valence-corrected chi connectivity index (χ3v) is 7.63. The molecule has 4 aliphatic heterocycles. The van der Waals surface area contributed by atoms with Crippen molar-refractivity contribution in [3.63, 3.8) is 0 Å². The maximum atomic E-state index is 12.9. The van der Waals surface area contributed by atoms with E-state index in [1.54, 1.807) is 18.2 Å². The molecular formula is C26H28ClF3N2O4. The van der Waals surface area contributed by atoms with E-state index in [4.69, 9.17) is 21.1 Å². The zero-order chi connectivity index (χ0) is 25.7. The Balaban J connectivity index is 1.37. The SMILES string of the molecule is CC1(C)COc2cc(-c3cc(OC(F)(F)F)ccc3Cl)ccc2C1NC(=O)O[C@H]1CN2CCC1CC2. The van der Waals surface area contributed by atoms with Crippen LogP contribution >= 0.6 is 11.6 Å². The highest BCUT2D eigenvalue weighted by Crippen LogP contribution is 2.45. The van der Waals surface area contributed by atoms with E-state index in [0.717, 1.165) is 44.1 Å². The van der Waals surface area contributed by atoms with Gasteiger partial charge in [-0.3, -0.25) is 4.90 Å². The third kappa shape index (κ3) is 5.22. The molecule has 10 heteroatoms. The van der Waals surface area contributed by atoms with E-state index in [0.29, 0.717) is 29.4 Å². The van der Waals surface area contributed by atoms with Crippen LogP contribution in [0.3, 0.4) is 0 Å². The molecule has 0 spiro atoms. The number of hydrogen-bond donors (Lipinski definition) is 1. The Hall–Kier alpha value is -2.65. The largest absolute Gasteiger partial charge is 0.573 e. The number of hydrogen-bond acceptors (Lipinski definition) is 5. The number of ether oxygens (including phenoxy) is 3. The van der Waals surface area contributed by atoms with Crippen LogP contribution in [0.4, 0.5) is 18.0 Å². The normalized spacial score (nSPS) is 26.5. The first-order valence-corrected chi connectivity index (χ1v) is 12.4. The predicted molar refractivity (Wildman–Crippen MR) is 128 cm³/mol. The average molecular weight is 525 g/mol. The van der Waals surface area contributed by atoms with Crippen molar-refractivity contribution in [2.45, 2.75) is 45.2 Å². The number of halogens is 4. The van der Waals surface area contributed by atoms with Crippen LogP contribution in [0.1, 0.15) is 38.3 Å². The molecule has 1 N–H and O–H groups in total. The zero-order valence-corrected chi connectivity index (χ0v) is 20.8. The molecule has 0 aliphatic carbocycles. The second-order valence-electron chi connectivity index (χ2n) is 10.4. The van der Waals surface area contributed by atoms with Gasteiger partial charge in [-0.15, -0.1) is 13.2 Å². The highest BCUT2D eigenvalue weighted by molar-refractivity contribution is 6.33. The number of benzene rings is 2. The van der Waals surface area contributed by atoms with Crippen molar-refractivity contribution in [1.82, 2.24) is 10.2 Å². The fourth-order valence-corrected chi connectivity index (χ4v) is 5.59.